The van der Waals surface area contributed by atoms with Crippen molar-refractivity contribution in [3.8, 4) is 5.75 Å². The number of rotatable bonds is 3. The first kappa shape index (κ1) is 17.5. The molecule has 2 aromatic rings. The molecule has 0 spiro atoms. The predicted octanol–water partition coefficient (Wildman–Crippen LogP) is 1.92. The number of amides is 1. The number of carbonyl (C=O) groups is 1. The Morgan fingerprint density at radius 3 is 2.55 bits per heavy atom. The van der Waals surface area contributed by atoms with Crippen molar-refractivity contribution in [2.45, 2.75) is 17.9 Å². The summed E-state index contributed by atoms with van der Waals surface area (Å²) in [5, 5.41) is 3.50. The molecule has 7 rings (SSSR count). The molecule has 1 amide bonds. The highest BCUT2D eigenvalue weighted by atomic mass is 16.5. The van der Waals surface area contributed by atoms with Gasteiger partial charge in [0, 0.05) is 68.6 Å². The van der Waals surface area contributed by atoms with Gasteiger partial charge in [-0.3, -0.25) is 4.79 Å². The summed E-state index contributed by atoms with van der Waals surface area (Å²) in [7, 11) is 0. The van der Waals surface area contributed by atoms with Gasteiger partial charge in [-0.05, 0) is 29.3 Å². The zero-order valence-corrected chi connectivity index (χ0v) is 16.6. The van der Waals surface area contributed by atoms with Crippen LogP contribution in [0.25, 0.3) is 0 Å². The fourth-order valence-electron chi connectivity index (χ4n) is 6.12. The minimum atomic E-state index is -0.0472. The van der Waals surface area contributed by atoms with Crippen molar-refractivity contribution < 1.29 is 9.53 Å². The van der Waals surface area contributed by atoms with E-state index >= 15 is 0 Å². The number of benzene rings is 2. The van der Waals surface area contributed by atoms with Crippen LogP contribution in [-0.2, 0) is 11.8 Å². The third-order valence-corrected chi connectivity index (χ3v) is 7.38. The molecule has 2 unspecified atom stereocenters. The van der Waals surface area contributed by atoms with Crippen LogP contribution in [0.1, 0.15) is 21.5 Å². The zero-order valence-electron chi connectivity index (χ0n) is 16.6. The average Bonchev–Trinajstić information content (AvgIpc) is 3.08. The number of nitrogens with one attached hydrogen (secondary N) is 1. The molecular weight excluding hydrogens is 362 g/mol. The molecular formula is C24H27N3O2. The maximum absolute atomic E-state index is 13.3. The molecule has 4 saturated heterocycles. The molecule has 29 heavy (non-hydrogen) atoms. The summed E-state index contributed by atoms with van der Waals surface area (Å²) in [5.41, 5.74) is 3.21. The van der Waals surface area contributed by atoms with Crippen LogP contribution < -0.4 is 10.1 Å². The van der Waals surface area contributed by atoms with Crippen molar-refractivity contribution in [3.05, 3.63) is 65.2 Å². The maximum Gasteiger partial charge on any atom is 0.251 e. The van der Waals surface area contributed by atoms with Crippen LogP contribution in [0.4, 0.5) is 0 Å². The molecule has 4 bridgehead atoms. The molecule has 4 fully saturated rings. The Hall–Kier alpha value is -2.37. The summed E-state index contributed by atoms with van der Waals surface area (Å²) in [6.45, 7) is 7.18. The molecule has 0 aliphatic carbocycles. The zero-order chi connectivity index (χ0) is 19.4. The second-order valence-corrected chi connectivity index (χ2v) is 9.12. The Balaban J connectivity index is 1.36. The summed E-state index contributed by atoms with van der Waals surface area (Å²) >= 11 is 0. The minimum absolute atomic E-state index is 0.0472. The quantitative estimate of drug-likeness (QED) is 0.871. The molecule has 150 valence electrons. The first-order valence-corrected chi connectivity index (χ1v) is 10.8. The van der Waals surface area contributed by atoms with Crippen LogP contribution in [0.3, 0.4) is 0 Å². The largest absolute Gasteiger partial charge is 0.493 e. The number of hydrogen-bond donors (Lipinski definition) is 1. The molecule has 5 aliphatic rings. The molecule has 0 saturated carbocycles. The summed E-state index contributed by atoms with van der Waals surface area (Å²) in [5.74, 6) is 1.44. The summed E-state index contributed by atoms with van der Waals surface area (Å²) < 4.78 is 5.61. The fourth-order valence-corrected chi connectivity index (χ4v) is 6.12. The minimum Gasteiger partial charge on any atom is -0.493 e. The second-order valence-electron chi connectivity index (χ2n) is 9.12. The van der Waals surface area contributed by atoms with Crippen LogP contribution in [0.5, 0.6) is 5.75 Å². The lowest BCUT2D eigenvalue weighted by Crippen LogP contribution is -2.70. The monoisotopic (exact) mass is 389 g/mol. The maximum atomic E-state index is 13.3. The lowest BCUT2D eigenvalue weighted by Gasteiger charge is -2.55. The highest BCUT2D eigenvalue weighted by Gasteiger charge is 2.55. The number of carbonyl (C=O) groups excluding carboxylic acids is 1. The van der Waals surface area contributed by atoms with E-state index in [2.05, 4.69) is 45.4 Å². The van der Waals surface area contributed by atoms with Gasteiger partial charge in [0.1, 0.15) is 5.75 Å². The second kappa shape index (κ2) is 6.57. The molecule has 5 heteroatoms. The third kappa shape index (κ3) is 2.79. The van der Waals surface area contributed by atoms with Crippen LogP contribution in [0, 0.1) is 5.92 Å². The molecule has 5 heterocycles. The average molecular weight is 389 g/mol. The topological polar surface area (TPSA) is 44.8 Å². The van der Waals surface area contributed by atoms with E-state index in [1.165, 1.54) is 5.56 Å². The Bertz CT molecular complexity index is 928. The Kier molecular flexibility index (Phi) is 3.96. The van der Waals surface area contributed by atoms with E-state index < -0.39 is 0 Å². The Morgan fingerprint density at radius 1 is 1.03 bits per heavy atom. The van der Waals surface area contributed by atoms with E-state index in [9.17, 15) is 4.79 Å². The van der Waals surface area contributed by atoms with Crippen LogP contribution in [-0.4, -0.2) is 67.6 Å². The normalized spacial score (nSPS) is 34.3. The Labute approximate surface area is 171 Å². The van der Waals surface area contributed by atoms with Gasteiger partial charge < -0.3 is 19.9 Å². The first-order valence-electron chi connectivity index (χ1n) is 10.8. The molecule has 1 N–H and O–H groups in total. The van der Waals surface area contributed by atoms with Gasteiger partial charge in [0.15, 0.2) is 0 Å². The van der Waals surface area contributed by atoms with Crippen LogP contribution >= 0.6 is 0 Å². The molecule has 5 aliphatic heterocycles. The number of piperidine rings is 2. The van der Waals surface area contributed by atoms with E-state index in [0.29, 0.717) is 12.5 Å². The van der Waals surface area contributed by atoms with Crippen LogP contribution in [0.15, 0.2) is 48.5 Å². The smallest absolute Gasteiger partial charge is 0.251 e. The number of nitrogens with zero attached hydrogens (tertiary/aromatic N) is 2. The van der Waals surface area contributed by atoms with Gasteiger partial charge in [-0.2, -0.15) is 0 Å². The van der Waals surface area contributed by atoms with Crippen LogP contribution in [0.2, 0.25) is 0 Å². The number of hydrogen-bond acceptors (Lipinski definition) is 4. The van der Waals surface area contributed by atoms with Crippen molar-refractivity contribution >= 4 is 5.91 Å². The van der Waals surface area contributed by atoms with E-state index in [1.807, 2.05) is 18.2 Å². The number of fused-ring (bicyclic) bond motifs is 2. The molecule has 5 nitrogen and oxygen atoms in total. The molecule has 0 aromatic heterocycles. The summed E-state index contributed by atoms with van der Waals surface area (Å²) in [6, 6.07) is 16.9. The van der Waals surface area contributed by atoms with Crippen molar-refractivity contribution in [1.82, 2.24) is 15.1 Å². The molecule has 3 atom stereocenters. The lowest BCUT2D eigenvalue weighted by molar-refractivity contribution is 0.0180. The third-order valence-electron chi connectivity index (χ3n) is 7.38. The molecule has 2 aromatic carbocycles. The van der Waals surface area contributed by atoms with E-state index in [0.717, 1.165) is 62.6 Å². The predicted molar refractivity (Wildman–Crippen MR) is 111 cm³/mol. The van der Waals surface area contributed by atoms with Crippen molar-refractivity contribution in [2.75, 3.05) is 45.9 Å². The van der Waals surface area contributed by atoms with E-state index in [4.69, 9.17) is 4.74 Å². The van der Waals surface area contributed by atoms with Gasteiger partial charge in [0.25, 0.3) is 5.91 Å². The molecule has 0 radical (unpaired) electrons. The summed E-state index contributed by atoms with van der Waals surface area (Å²) in [6.07, 6.45) is 0.889. The Morgan fingerprint density at radius 2 is 1.79 bits per heavy atom. The van der Waals surface area contributed by atoms with Crippen molar-refractivity contribution in [3.63, 3.8) is 0 Å². The van der Waals surface area contributed by atoms with Gasteiger partial charge in [-0.25, -0.2) is 0 Å². The fraction of sp³-hybridized carbons (Fsp3) is 0.458. The van der Waals surface area contributed by atoms with E-state index in [-0.39, 0.29) is 17.4 Å². The van der Waals surface area contributed by atoms with Gasteiger partial charge in [-0.1, -0.05) is 30.3 Å². The standard InChI is InChI=1S/C24H27N3O2/c28-23(18-6-7-21-17(12-18)8-11-29-21)25-22-19-13-26-9-10-27(14-19)16-24(22,15-26)20-4-2-1-3-5-20/h1-7,12,19,22H,8-11,13-16H2,(H,25,28)/t19?,22-,24?/m0/s1. The number of ether oxygens (including phenoxy) is 1. The van der Waals surface area contributed by atoms with Gasteiger partial charge in [0.05, 0.1) is 6.61 Å². The van der Waals surface area contributed by atoms with Gasteiger partial charge in [0.2, 0.25) is 0 Å². The van der Waals surface area contributed by atoms with Crippen molar-refractivity contribution in [2.24, 2.45) is 5.92 Å². The van der Waals surface area contributed by atoms with E-state index in [1.54, 1.807) is 0 Å². The summed E-state index contributed by atoms with van der Waals surface area (Å²) in [4.78, 5) is 18.5. The van der Waals surface area contributed by atoms with Crippen molar-refractivity contribution in [1.29, 1.82) is 0 Å². The highest BCUT2D eigenvalue weighted by molar-refractivity contribution is 5.95. The highest BCUT2D eigenvalue weighted by Crippen LogP contribution is 2.43. The first-order chi connectivity index (χ1) is 14.2. The van der Waals surface area contributed by atoms with Gasteiger partial charge >= 0.3 is 0 Å². The van der Waals surface area contributed by atoms with Gasteiger partial charge in [-0.15, -0.1) is 0 Å². The SMILES string of the molecule is O=C(N[C@H]1C2CN3CCN(C2)CC1(c1ccccc1)C3)c1ccc2c(c1)CCO2. The lowest BCUT2D eigenvalue weighted by atomic mass is 9.64.